The summed E-state index contributed by atoms with van der Waals surface area (Å²) in [5, 5.41) is 10.4. The van der Waals surface area contributed by atoms with Gasteiger partial charge in [-0.2, -0.15) is 0 Å². The second-order valence-electron chi connectivity index (χ2n) is 6.55. The van der Waals surface area contributed by atoms with Crippen LogP contribution in [0.1, 0.15) is 55.0 Å². The first-order valence-corrected chi connectivity index (χ1v) is 8.78. The van der Waals surface area contributed by atoms with Gasteiger partial charge in [-0.15, -0.1) is 17.5 Å². The van der Waals surface area contributed by atoms with Crippen molar-refractivity contribution in [1.82, 2.24) is 25.4 Å². The summed E-state index contributed by atoms with van der Waals surface area (Å²) in [5.41, 5.74) is 0. The minimum atomic E-state index is -0.447. The van der Waals surface area contributed by atoms with Gasteiger partial charge in [-0.1, -0.05) is 0 Å². The van der Waals surface area contributed by atoms with E-state index in [1.54, 1.807) is 6.92 Å². The number of nitrogens with zero attached hydrogens (tertiary/aromatic N) is 3. The monoisotopic (exact) mass is 357 g/mol. The summed E-state index contributed by atoms with van der Waals surface area (Å²) in [6.07, 6.45) is 4.78. The quantitative estimate of drug-likeness (QED) is 0.778. The molecule has 0 saturated carbocycles. The third-order valence-corrected chi connectivity index (χ3v) is 4.85. The zero-order valence-electron chi connectivity index (χ0n) is 14.3. The van der Waals surface area contributed by atoms with Crippen LogP contribution in [0.2, 0.25) is 0 Å². The van der Waals surface area contributed by atoms with Crippen molar-refractivity contribution in [2.45, 2.75) is 38.5 Å². The Hall–Kier alpha value is -1.18. The molecule has 2 aliphatic heterocycles. The van der Waals surface area contributed by atoms with E-state index in [0.717, 1.165) is 44.2 Å². The molecule has 8 heteroatoms. The van der Waals surface area contributed by atoms with Crippen LogP contribution in [0.15, 0.2) is 0 Å². The number of hydrogen-bond donors (Lipinski definition) is 2. The summed E-state index contributed by atoms with van der Waals surface area (Å²) in [5.74, 6) is 1.69. The highest BCUT2D eigenvalue weighted by molar-refractivity contribution is 5.85. The lowest BCUT2D eigenvalue weighted by atomic mass is 9.93. The van der Waals surface area contributed by atoms with Crippen molar-refractivity contribution in [3.8, 4) is 0 Å². The van der Waals surface area contributed by atoms with Crippen molar-refractivity contribution in [2.24, 2.45) is 5.92 Å². The molecule has 0 amide bonds. The molecule has 0 radical (unpaired) electrons. The molecule has 3 heterocycles. The molecule has 1 aromatic heterocycles. The molecule has 24 heavy (non-hydrogen) atoms. The first kappa shape index (κ1) is 19.1. The molecule has 1 unspecified atom stereocenters. The number of likely N-dealkylation sites (tertiary alicyclic amines) is 1. The smallest absolute Gasteiger partial charge is 0.378 e. The second kappa shape index (κ2) is 9.34. The summed E-state index contributed by atoms with van der Waals surface area (Å²) < 4.78 is 4.93. The number of hydrogen-bond acceptors (Lipinski definition) is 6. The van der Waals surface area contributed by atoms with E-state index >= 15 is 0 Å². The second-order valence-corrected chi connectivity index (χ2v) is 6.55. The zero-order chi connectivity index (χ0) is 16.1. The zero-order valence-corrected chi connectivity index (χ0v) is 15.1. The number of piperidine rings is 2. The fraction of sp³-hybridized carbons (Fsp3) is 0.812. The number of rotatable bonds is 5. The Morgan fingerprint density at radius 1 is 1.33 bits per heavy atom. The predicted octanol–water partition coefficient (Wildman–Crippen LogP) is 1.58. The van der Waals surface area contributed by atoms with Gasteiger partial charge in [0.15, 0.2) is 0 Å². The molecule has 7 nitrogen and oxygen atoms in total. The van der Waals surface area contributed by atoms with Crippen molar-refractivity contribution < 1.29 is 9.53 Å². The number of carbonyl (C=O) groups is 1. The van der Waals surface area contributed by atoms with Crippen molar-refractivity contribution in [3.63, 3.8) is 0 Å². The molecule has 2 aliphatic rings. The molecule has 3 rings (SSSR count). The molecule has 2 fully saturated rings. The fourth-order valence-electron chi connectivity index (χ4n) is 3.58. The number of aromatic amines is 1. The maximum absolute atomic E-state index is 11.6. The van der Waals surface area contributed by atoms with E-state index < -0.39 is 5.97 Å². The topological polar surface area (TPSA) is 83.1 Å². The highest BCUT2D eigenvalue weighted by Crippen LogP contribution is 2.26. The Morgan fingerprint density at radius 2 is 2.12 bits per heavy atom. The standard InChI is InChI=1S/C16H27N5O2.ClH/c1-2-23-16(22)15-18-14(19-20-15)13-5-8-21(9-6-13)11-12-4-3-7-17-10-12;/h12-13,17H,2-11H2,1H3,(H,18,19,20);1H. The minimum Gasteiger partial charge on any atom is -0.460 e. The molecule has 1 aromatic rings. The number of nitrogens with one attached hydrogen (secondary N) is 2. The Kier molecular flexibility index (Phi) is 7.45. The molecular weight excluding hydrogens is 330 g/mol. The summed E-state index contributed by atoms with van der Waals surface area (Å²) in [6, 6.07) is 0. The number of ether oxygens (including phenoxy) is 1. The Morgan fingerprint density at radius 3 is 2.79 bits per heavy atom. The van der Waals surface area contributed by atoms with Gasteiger partial charge in [0.25, 0.3) is 5.82 Å². The van der Waals surface area contributed by atoms with E-state index in [-0.39, 0.29) is 18.2 Å². The lowest BCUT2D eigenvalue weighted by Gasteiger charge is -2.34. The maximum Gasteiger partial charge on any atom is 0.378 e. The molecule has 1 atom stereocenters. The lowest BCUT2D eigenvalue weighted by Crippen LogP contribution is -2.41. The van der Waals surface area contributed by atoms with E-state index in [0.29, 0.717) is 12.5 Å². The number of carbonyl (C=O) groups excluding carboxylic acids is 1. The van der Waals surface area contributed by atoms with Gasteiger partial charge in [0, 0.05) is 12.5 Å². The van der Waals surface area contributed by atoms with Crippen molar-refractivity contribution >= 4 is 18.4 Å². The first-order chi connectivity index (χ1) is 11.3. The van der Waals surface area contributed by atoms with E-state index in [1.807, 2.05) is 0 Å². The molecule has 2 N–H and O–H groups in total. The predicted molar refractivity (Wildman–Crippen MR) is 93.6 cm³/mol. The van der Waals surface area contributed by atoms with Crippen LogP contribution in [0, 0.1) is 5.92 Å². The Labute approximate surface area is 149 Å². The van der Waals surface area contributed by atoms with Gasteiger partial charge in [0.2, 0.25) is 0 Å². The number of aromatic nitrogens is 3. The van der Waals surface area contributed by atoms with Crippen LogP contribution in [0.4, 0.5) is 0 Å². The molecule has 0 bridgehead atoms. The third-order valence-electron chi connectivity index (χ3n) is 4.85. The SMILES string of the molecule is CCOC(=O)c1n[nH]c(C2CCN(CC3CCCNC3)CC2)n1.Cl. The normalized spacial score (nSPS) is 22.8. The number of H-pyrrole nitrogens is 1. The van der Waals surface area contributed by atoms with E-state index in [1.165, 1.54) is 25.9 Å². The molecular formula is C16H28ClN5O2. The summed E-state index contributed by atoms with van der Waals surface area (Å²) in [7, 11) is 0. The van der Waals surface area contributed by atoms with Crippen LogP contribution >= 0.6 is 12.4 Å². The largest absolute Gasteiger partial charge is 0.460 e. The third kappa shape index (κ3) is 4.91. The van der Waals surface area contributed by atoms with Gasteiger partial charge in [0.05, 0.1) is 6.61 Å². The van der Waals surface area contributed by atoms with E-state index in [2.05, 4.69) is 25.4 Å². The van der Waals surface area contributed by atoms with E-state index in [9.17, 15) is 4.79 Å². The summed E-state index contributed by atoms with van der Waals surface area (Å²) in [4.78, 5) is 18.5. The molecule has 0 spiro atoms. The van der Waals surface area contributed by atoms with Crippen molar-refractivity contribution in [2.75, 3.05) is 39.3 Å². The average molecular weight is 358 g/mol. The van der Waals surface area contributed by atoms with Crippen LogP contribution in [0.5, 0.6) is 0 Å². The van der Waals surface area contributed by atoms with Crippen molar-refractivity contribution in [1.29, 1.82) is 0 Å². The highest BCUT2D eigenvalue weighted by atomic mass is 35.5. The van der Waals surface area contributed by atoms with Crippen molar-refractivity contribution in [3.05, 3.63) is 11.6 Å². The maximum atomic E-state index is 11.6. The van der Waals surface area contributed by atoms with Gasteiger partial charge in [0.1, 0.15) is 5.82 Å². The lowest BCUT2D eigenvalue weighted by molar-refractivity contribution is 0.0512. The van der Waals surface area contributed by atoms with E-state index in [4.69, 9.17) is 4.74 Å². The van der Waals surface area contributed by atoms with Crippen LogP contribution in [0.25, 0.3) is 0 Å². The minimum absolute atomic E-state index is 0. The number of esters is 1. The molecule has 0 aliphatic carbocycles. The molecule has 0 aromatic carbocycles. The van der Waals surface area contributed by atoms with Gasteiger partial charge in [-0.3, -0.25) is 5.10 Å². The molecule has 2 saturated heterocycles. The summed E-state index contributed by atoms with van der Waals surface area (Å²) >= 11 is 0. The van der Waals surface area contributed by atoms with Gasteiger partial charge >= 0.3 is 5.97 Å². The fourth-order valence-corrected chi connectivity index (χ4v) is 3.58. The van der Waals surface area contributed by atoms with Crippen LogP contribution in [-0.4, -0.2) is 65.4 Å². The van der Waals surface area contributed by atoms with Gasteiger partial charge in [-0.25, -0.2) is 9.78 Å². The van der Waals surface area contributed by atoms with Crippen LogP contribution in [-0.2, 0) is 4.74 Å². The Balaban J connectivity index is 0.00000208. The highest BCUT2D eigenvalue weighted by Gasteiger charge is 2.26. The molecule has 136 valence electrons. The van der Waals surface area contributed by atoms with Gasteiger partial charge < -0.3 is 15.0 Å². The summed E-state index contributed by atoms with van der Waals surface area (Å²) in [6.45, 7) is 7.84. The van der Waals surface area contributed by atoms with Gasteiger partial charge in [-0.05, 0) is 64.7 Å². The number of halogens is 1. The first-order valence-electron chi connectivity index (χ1n) is 8.78. The van der Waals surface area contributed by atoms with Crippen LogP contribution < -0.4 is 5.32 Å². The van der Waals surface area contributed by atoms with Crippen LogP contribution in [0.3, 0.4) is 0 Å². The average Bonchev–Trinajstić information content (AvgIpc) is 3.07. The Bertz CT molecular complexity index is 510.